The van der Waals surface area contributed by atoms with E-state index < -0.39 is 0 Å². The maximum atomic E-state index is 12.8. The summed E-state index contributed by atoms with van der Waals surface area (Å²) in [6.07, 6.45) is 7.93. The van der Waals surface area contributed by atoms with Crippen LogP contribution in [0.15, 0.2) is 18.3 Å². The fourth-order valence-corrected chi connectivity index (χ4v) is 4.26. The van der Waals surface area contributed by atoms with Crippen molar-refractivity contribution in [3.8, 4) is 0 Å². The molecule has 1 aliphatic carbocycles. The molecule has 2 saturated heterocycles. The van der Waals surface area contributed by atoms with Crippen molar-refractivity contribution in [3.05, 3.63) is 23.9 Å². The van der Waals surface area contributed by atoms with Crippen LogP contribution in [0, 0.1) is 11.8 Å². The van der Waals surface area contributed by atoms with Crippen molar-refractivity contribution < 1.29 is 9.59 Å². The first kappa shape index (κ1) is 18.3. The number of hydrogen-bond acceptors (Lipinski definition) is 4. The van der Waals surface area contributed by atoms with E-state index in [-0.39, 0.29) is 5.91 Å². The van der Waals surface area contributed by atoms with E-state index in [1.165, 1.54) is 12.8 Å². The van der Waals surface area contributed by atoms with Crippen molar-refractivity contribution in [1.29, 1.82) is 0 Å². The minimum atomic E-state index is 0.0694. The zero-order valence-corrected chi connectivity index (χ0v) is 16.2. The maximum Gasteiger partial charge on any atom is 0.255 e. The number of anilines is 1. The number of carbonyl (C=O) groups is 2. The molecule has 4 rings (SSSR count). The highest BCUT2D eigenvalue weighted by atomic mass is 16.2. The van der Waals surface area contributed by atoms with Gasteiger partial charge in [-0.2, -0.15) is 0 Å². The fraction of sp³-hybridized carbons (Fsp3) is 0.667. The highest BCUT2D eigenvalue weighted by molar-refractivity contribution is 5.94. The lowest BCUT2D eigenvalue weighted by molar-refractivity contribution is -0.128. The number of likely N-dealkylation sites (tertiary alicyclic amines) is 2. The van der Waals surface area contributed by atoms with Gasteiger partial charge in [0.1, 0.15) is 5.82 Å². The highest BCUT2D eigenvalue weighted by Gasteiger charge is 2.29. The Hall–Kier alpha value is -2.11. The molecular formula is C21H30N4O2. The van der Waals surface area contributed by atoms with Crippen molar-refractivity contribution in [3.63, 3.8) is 0 Å². The average molecular weight is 370 g/mol. The molecule has 1 N–H and O–H groups in total. The van der Waals surface area contributed by atoms with Crippen molar-refractivity contribution in [2.45, 2.75) is 51.5 Å². The third kappa shape index (κ3) is 4.42. The van der Waals surface area contributed by atoms with E-state index in [1.807, 2.05) is 21.9 Å². The van der Waals surface area contributed by atoms with Crippen LogP contribution in [0.2, 0.25) is 0 Å². The minimum absolute atomic E-state index is 0.0694. The summed E-state index contributed by atoms with van der Waals surface area (Å²) in [4.78, 5) is 32.9. The molecule has 6 nitrogen and oxygen atoms in total. The van der Waals surface area contributed by atoms with Crippen LogP contribution >= 0.6 is 0 Å². The summed E-state index contributed by atoms with van der Waals surface area (Å²) in [6, 6.07) is 4.24. The molecule has 1 aromatic rings. The summed E-state index contributed by atoms with van der Waals surface area (Å²) in [5.74, 6) is 2.50. The second-order valence-corrected chi connectivity index (χ2v) is 8.38. The quantitative estimate of drug-likeness (QED) is 0.836. The number of carbonyl (C=O) groups excluding carboxylic acids is 2. The molecule has 1 saturated carbocycles. The van der Waals surface area contributed by atoms with Crippen molar-refractivity contribution in [2.75, 3.05) is 31.5 Å². The number of rotatable bonds is 6. The Morgan fingerprint density at radius 2 is 2.00 bits per heavy atom. The number of nitrogens with zero attached hydrogens (tertiary/aromatic N) is 3. The van der Waals surface area contributed by atoms with Crippen LogP contribution in [0.5, 0.6) is 0 Å². The molecule has 3 aliphatic rings. The predicted molar refractivity (Wildman–Crippen MR) is 104 cm³/mol. The van der Waals surface area contributed by atoms with E-state index in [0.717, 1.165) is 57.2 Å². The van der Waals surface area contributed by atoms with Gasteiger partial charge in [0, 0.05) is 44.8 Å². The first-order valence-electron chi connectivity index (χ1n) is 10.4. The van der Waals surface area contributed by atoms with Crippen LogP contribution in [0.3, 0.4) is 0 Å². The van der Waals surface area contributed by atoms with Gasteiger partial charge in [-0.15, -0.1) is 0 Å². The van der Waals surface area contributed by atoms with Crippen LogP contribution in [0.25, 0.3) is 0 Å². The van der Waals surface area contributed by atoms with E-state index in [0.29, 0.717) is 29.9 Å². The monoisotopic (exact) mass is 370 g/mol. The van der Waals surface area contributed by atoms with E-state index in [4.69, 9.17) is 0 Å². The molecule has 27 heavy (non-hydrogen) atoms. The largest absolute Gasteiger partial charge is 0.367 e. The van der Waals surface area contributed by atoms with Crippen molar-refractivity contribution in [1.82, 2.24) is 14.8 Å². The third-order valence-corrected chi connectivity index (χ3v) is 6.27. The number of aromatic nitrogens is 1. The Morgan fingerprint density at radius 1 is 1.22 bits per heavy atom. The number of amides is 2. The summed E-state index contributed by atoms with van der Waals surface area (Å²) in [5, 5.41) is 3.42. The molecule has 1 aromatic heterocycles. The van der Waals surface area contributed by atoms with Gasteiger partial charge in [0.05, 0.1) is 5.56 Å². The zero-order chi connectivity index (χ0) is 18.8. The van der Waals surface area contributed by atoms with E-state index in [1.54, 1.807) is 6.20 Å². The van der Waals surface area contributed by atoms with E-state index in [2.05, 4.69) is 17.2 Å². The summed E-state index contributed by atoms with van der Waals surface area (Å²) >= 11 is 0. The Labute approximate surface area is 161 Å². The molecule has 1 atom stereocenters. The number of pyridine rings is 1. The van der Waals surface area contributed by atoms with Crippen LogP contribution in [0.4, 0.5) is 5.82 Å². The Morgan fingerprint density at radius 3 is 2.59 bits per heavy atom. The molecule has 0 aromatic carbocycles. The van der Waals surface area contributed by atoms with Gasteiger partial charge in [-0.1, -0.05) is 0 Å². The molecule has 3 fully saturated rings. The topological polar surface area (TPSA) is 65.5 Å². The lowest BCUT2D eigenvalue weighted by Crippen LogP contribution is -2.41. The summed E-state index contributed by atoms with van der Waals surface area (Å²) < 4.78 is 0. The normalized spacial score (nSPS) is 22.2. The second-order valence-electron chi connectivity index (χ2n) is 8.38. The van der Waals surface area contributed by atoms with Gasteiger partial charge >= 0.3 is 0 Å². The molecule has 3 heterocycles. The molecule has 0 radical (unpaired) electrons. The standard InChI is InChI=1S/C21H30N4O2/c1-15(17-4-5-17)23-19-7-6-18(13-22-19)21(27)24-11-8-16(9-12-24)14-25-10-2-3-20(25)26/h6-7,13,15-17H,2-5,8-12,14H2,1H3,(H,22,23)/t15-/m0/s1. The minimum Gasteiger partial charge on any atom is -0.367 e. The molecule has 2 amide bonds. The molecular weight excluding hydrogens is 340 g/mol. The highest BCUT2D eigenvalue weighted by Crippen LogP contribution is 2.33. The van der Waals surface area contributed by atoms with Crippen molar-refractivity contribution >= 4 is 17.6 Å². The van der Waals surface area contributed by atoms with E-state index >= 15 is 0 Å². The predicted octanol–water partition coefficient (Wildman–Crippen LogP) is 2.77. The van der Waals surface area contributed by atoms with Gasteiger partial charge in [0.25, 0.3) is 5.91 Å². The van der Waals surface area contributed by atoms with Gasteiger partial charge in [-0.05, 0) is 63.0 Å². The first-order valence-corrected chi connectivity index (χ1v) is 10.4. The zero-order valence-electron chi connectivity index (χ0n) is 16.2. The maximum absolute atomic E-state index is 12.8. The smallest absolute Gasteiger partial charge is 0.255 e. The lowest BCUT2D eigenvalue weighted by Gasteiger charge is -2.34. The number of piperidine rings is 1. The third-order valence-electron chi connectivity index (χ3n) is 6.27. The number of nitrogens with one attached hydrogen (secondary N) is 1. The van der Waals surface area contributed by atoms with Gasteiger partial charge in [0.15, 0.2) is 0 Å². The molecule has 0 unspecified atom stereocenters. The summed E-state index contributed by atoms with van der Waals surface area (Å²) in [7, 11) is 0. The van der Waals surface area contributed by atoms with Crippen molar-refractivity contribution in [2.24, 2.45) is 11.8 Å². The Bertz CT molecular complexity index is 678. The summed E-state index contributed by atoms with van der Waals surface area (Å²) in [5.41, 5.74) is 0.660. The Kier molecular flexibility index (Phi) is 5.32. The van der Waals surface area contributed by atoms with Gasteiger partial charge in [0.2, 0.25) is 5.91 Å². The molecule has 6 heteroatoms. The molecule has 2 aliphatic heterocycles. The molecule has 0 bridgehead atoms. The molecule has 0 spiro atoms. The van der Waals surface area contributed by atoms with Crippen LogP contribution in [-0.4, -0.2) is 58.8 Å². The second kappa shape index (κ2) is 7.87. The van der Waals surface area contributed by atoms with Crippen LogP contribution < -0.4 is 5.32 Å². The first-order chi connectivity index (χ1) is 13.1. The molecule has 146 valence electrons. The Balaban J connectivity index is 1.26. The number of hydrogen-bond donors (Lipinski definition) is 1. The van der Waals surface area contributed by atoms with Crippen LogP contribution in [-0.2, 0) is 4.79 Å². The van der Waals surface area contributed by atoms with Gasteiger partial charge in [-0.25, -0.2) is 4.98 Å². The van der Waals surface area contributed by atoms with Crippen LogP contribution in [0.1, 0.15) is 55.8 Å². The lowest BCUT2D eigenvalue weighted by atomic mass is 9.96. The average Bonchev–Trinajstić information content (AvgIpc) is 3.47. The van der Waals surface area contributed by atoms with E-state index in [9.17, 15) is 9.59 Å². The fourth-order valence-electron chi connectivity index (χ4n) is 4.26. The SMILES string of the molecule is C[C@H](Nc1ccc(C(=O)N2CCC(CN3CCCC3=O)CC2)cn1)C1CC1. The van der Waals surface area contributed by atoms with Gasteiger partial charge in [-0.3, -0.25) is 9.59 Å². The van der Waals surface area contributed by atoms with Gasteiger partial charge < -0.3 is 15.1 Å². The summed E-state index contributed by atoms with van der Waals surface area (Å²) in [6.45, 7) is 5.50.